The molecular weight excluding hydrogens is 314 g/mol. The Morgan fingerprint density at radius 1 is 1.17 bits per heavy atom. The molecule has 0 aromatic heterocycles. The summed E-state index contributed by atoms with van der Waals surface area (Å²) in [6.45, 7) is 0.456. The molecule has 18 heavy (non-hydrogen) atoms. The first kappa shape index (κ1) is 13.4. The number of aliphatic hydroxyl groups is 1. The first-order valence-electron chi connectivity index (χ1n) is 5.59. The van der Waals surface area contributed by atoms with Gasteiger partial charge in [-0.3, -0.25) is 0 Å². The standard InChI is InChI=1S/C14H13BrClNO/c15-12-8-11(6-7-13(12)16)17-9-14(18)10-4-2-1-3-5-10/h1-8,14,17-18H,9H2. The minimum atomic E-state index is -0.527. The SMILES string of the molecule is OC(CNc1ccc(Cl)c(Br)c1)c1ccccc1. The van der Waals surface area contributed by atoms with Gasteiger partial charge in [-0.15, -0.1) is 0 Å². The van der Waals surface area contributed by atoms with Crippen LogP contribution in [0.4, 0.5) is 5.69 Å². The van der Waals surface area contributed by atoms with Crippen LogP contribution < -0.4 is 5.32 Å². The predicted octanol–water partition coefficient (Wildman–Crippen LogP) is 4.25. The number of halogens is 2. The molecule has 0 saturated carbocycles. The van der Waals surface area contributed by atoms with Crippen LogP contribution in [0.3, 0.4) is 0 Å². The summed E-state index contributed by atoms with van der Waals surface area (Å²) in [6, 6.07) is 15.1. The van der Waals surface area contributed by atoms with Crippen LogP contribution in [0.25, 0.3) is 0 Å². The molecule has 1 unspecified atom stereocenters. The van der Waals surface area contributed by atoms with Gasteiger partial charge < -0.3 is 10.4 Å². The van der Waals surface area contributed by atoms with E-state index in [0.717, 1.165) is 15.7 Å². The summed E-state index contributed by atoms with van der Waals surface area (Å²) in [5.41, 5.74) is 1.82. The Morgan fingerprint density at radius 2 is 1.89 bits per heavy atom. The summed E-state index contributed by atoms with van der Waals surface area (Å²) < 4.78 is 0.836. The van der Waals surface area contributed by atoms with Crippen LogP contribution in [-0.2, 0) is 0 Å². The highest BCUT2D eigenvalue weighted by molar-refractivity contribution is 9.10. The molecule has 0 saturated heterocycles. The third-order valence-electron chi connectivity index (χ3n) is 2.60. The minimum absolute atomic E-state index is 0.456. The maximum atomic E-state index is 10.0. The average molecular weight is 327 g/mol. The smallest absolute Gasteiger partial charge is 0.0962 e. The van der Waals surface area contributed by atoms with Gasteiger partial charge in [-0.1, -0.05) is 41.9 Å². The number of aliphatic hydroxyl groups excluding tert-OH is 1. The highest BCUT2D eigenvalue weighted by atomic mass is 79.9. The lowest BCUT2D eigenvalue weighted by Gasteiger charge is -2.13. The normalized spacial score (nSPS) is 12.2. The Balaban J connectivity index is 1.97. The third kappa shape index (κ3) is 3.48. The highest BCUT2D eigenvalue weighted by Crippen LogP contribution is 2.26. The summed E-state index contributed by atoms with van der Waals surface area (Å²) in [5, 5.41) is 13.8. The summed E-state index contributed by atoms with van der Waals surface area (Å²) >= 11 is 9.28. The number of hydrogen-bond donors (Lipinski definition) is 2. The van der Waals surface area contributed by atoms with E-state index in [-0.39, 0.29) is 0 Å². The second-order valence-electron chi connectivity index (χ2n) is 3.94. The van der Waals surface area contributed by atoms with Gasteiger partial charge in [0.1, 0.15) is 0 Å². The largest absolute Gasteiger partial charge is 0.387 e. The van der Waals surface area contributed by atoms with Gasteiger partial charge in [-0.05, 0) is 39.7 Å². The van der Waals surface area contributed by atoms with Crippen LogP contribution in [-0.4, -0.2) is 11.7 Å². The number of hydrogen-bond acceptors (Lipinski definition) is 2. The van der Waals surface area contributed by atoms with E-state index in [0.29, 0.717) is 11.6 Å². The molecule has 0 fully saturated rings. The van der Waals surface area contributed by atoms with E-state index >= 15 is 0 Å². The number of rotatable bonds is 4. The van der Waals surface area contributed by atoms with Crippen molar-refractivity contribution in [2.24, 2.45) is 0 Å². The Morgan fingerprint density at radius 3 is 2.56 bits per heavy atom. The molecule has 2 aromatic carbocycles. The first-order chi connectivity index (χ1) is 8.66. The van der Waals surface area contributed by atoms with Gasteiger partial charge in [-0.2, -0.15) is 0 Å². The van der Waals surface area contributed by atoms with Crippen LogP contribution in [0.1, 0.15) is 11.7 Å². The van der Waals surface area contributed by atoms with Crippen molar-refractivity contribution in [2.45, 2.75) is 6.10 Å². The van der Waals surface area contributed by atoms with Gasteiger partial charge in [0.2, 0.25) is 0 Å². The van der Waals surface area contributed by atoms with Crippen molar-refractivity contribution >= 4 is 33.2 Å². The van der Waals surface area contributed by atoms with E-state index in [1.54, 1.807) is 0 Å². The van der Waals surface area contributed by atoms with Crippen LogP contribution in [0.5, 0.6) is 0 Å². The third-order valence-corrected chi connectivity index (χ3v) is 3.82. The van der Waals surface area contributed by atoms with E-state index in [1.165, 1.54) is 0 Å². The maximum absolute atomic E-state index is 10.0. The molecule has 2 N–H and O–H groups in total. The maximum Gasteiger partial charge on any atom is 0.0962 e. The predicted molar refractivity (Wildman–Crippen MR) is 79.0 cm³/mol. The first-order valence-corrected chi connectivity index (χ1v) is 6.76. The average Bonchev–Trinajstić information content (AvgIpc) is 2.41. The Labute approximate surface area is 120 Å². The van der Waals surface area contributed by atoms with Crippen LogP contribution in [0.2, 0.25) is 5.02 Å². The molecule has 0 bridgehead atoms. The minimum Gasteiger partial charge on any atom is -0.387 e. The number of anilines is 1. The molecule has 0 heterocycles. The van der Waals surface area contributed by atoms with Crippen molar-refractivity contribution in [2.75, 3.05) is 11.9 Å². The fraction of sp³-hybridized carbons (Fsp3) is 0.143. The van der Waals surface area contributed by atoms with E-state index in [2.05, 4.69) is 21.2 Å². The molecule has 0 aliphatic carbocycles. The molecule has 2 aromatic rings. The van der Waals surface area contributed by atoms with Crippen molar-refractivity contribution in [1.29, 1.82) is 0 Å². The fourth-order valence-corrected chi connectivity index (χ4v) is 2.11. The van der Waals surface area contributed by atoms with E-state index in [1.807, 2.05) is 48.5 Å². The topological polar surface area (TPSA) is 32.3 Å². The molecule has 2 rings (SSSR count). The Bertz CT molecular complexity index is 518. The van der Waals surface area contributed by atoms with Crippen LogP contribution in [0.15, 0.2) is 53.0 Å². The summed E-state index contributed by atoms with van der Waals surface area (Å²) in [6.07, 6.45) is -0.527. The molecule has 0 aliphatic heterocycles. The molecule has 0 aliphatic rings. The lowest BCUT2D eigenvalue weighted by Crippen LogP contribution is -2.11. The van der Waals surface area contributed by atoms with Gasteiger partial charge in [0, 0.05) is 16.7 Å². The second-order valence-corrected chi connectivity index (χ2v) is 5.20. The molecule has 2 nitrogen and oxygen atoms in total. The van der Waals surface area contributed by atoms with Crippen molar-refractivity contribution in [1.82, 2.24) is 0 Å². The van der Waals surface area contributed by atoms with Gasteiger partial charge in [0.25, 0.3) is 0 Å². The van der Waals surface area contributed by atoms with Crippen LogP contribution in [0, 0.1) is 0 Å². The summed E-state index contributed by atoms with van der Waals surface area (Å²) in [4.78, 5) is 0. The quantitative estimate of drug-likeness (QED) is 0.880. The van der Waals surface area contributed by atoms with Crippen LogP contribution >= 0.6 is 27.5 Å². The highest BCUT2D eigenvalue weighted by Gasteiger charge is 2.06. The van der Waals surface area contributed by atoms with Gasteiger partial charge in [0.05, 0.1) is 11.1 Å². The van der Waals surface area contributed by atoms with Crippen molar-refractivity contribution in [3.63, 3.8) is 0 Å². The molecule has 0 amide bonds. The van der Waals surface area contributed by atoms with E-state index < -0.39 is 6.10 Å². The van der Waals surface area contributed by atoms with Crippen molar-refractivity contribution < 1.29 is 5.11 Å². The van der Waals surface area contributed by atoms with E-state index in [4.69, 9.17) is 11.6 Å². The second kappa shape index (κ2) is 6.23. The van der Waals surface area contributed by atoms with Gasteiger partial charge >= 0.3 is 0 Å². The Hall–Kier alpha value is -1.03. The van der Waals surface area contributed by atoms with Crippen molar-refractivity contribution in [3.05, 3.63) is 63.6 Å². The fourth-order valence-electron chi connectivity index (χ4n) is 1.61. The molecular formula is C14H13BrClNO. The Kier molecular flexibility index (Phi) is 4.64. The summed E-state index contributed by atoms with van der Waals surface area (Å²) in [7, 11) is 0. The lowest BCUT2D eigenvalue weighted by molar-refractivity contribution is 0.191. The molecule has 1 atom stereocenters. The number of benzene rings is 2. The molecule has 0 spiro atoms. The number of nitrogens with one attached hydrogen (secondary N) is 1. The van der Waals surface area contributed by atoms with Gasteiger partial charge in [-0.25, -0.2) is 0 Å². The molecule has 4 heteroatoms. The zero-order chi connectivity index (χ0) is 13.0. The lowest BCUT2D eigenvalue weighted by atomic mass is 10.1. The molecule has 0 radical (unpaired) electrons. The zero-order valence-corrected chi connectivity index (χ0v) is 11.9. The van der Waals surface area contributed by atoms with Gasteiger partial charge in [0.15, 0.2) is 0 Å². The monoisotopic (exact) mass is 325 g/mol. The van der Waals surface area contributed by atoms with E-state index in [9.17, 15) is 5.11 Å². The zero-order valence-electron chi connectivity index (χ0n) is 9.61. The molecule has 94 valence electrons. The summed E-state index contributed by atoms with van der Waals surface area (Å²) in [5.74, 6) is 0. The van der Waals surface area contributed by atoms with Crippen molar-refractivity contribution in [3.8, 4) is 0 Å².